The van der Waals surface area contributed by atoms with E-state index in [4.69, 9.17) is 14.6 Å². The number of rotatable bonds is 2. The molecular weight excluding hydrogens is 266 g/mol. The van der Waals surface area contributed by atoms with Gasteiger partial charge in [0.2, 0.25) is 6.79 Å². The summed E-state index contributed by atoms with van der Waals surface area (Å²) in [4.78, 5) is 15.0. The third kappa shape index (κ3) is 2.50. The Morgan fingerprint density at radius 3 is 2.90 bits per heavy atom. The molecule has 2 unspecified atom stereocenters. The van der Waals surface area contributed by atoms with Crippen molar-refractivity contribution in [2.24, 2.45) is 0 Å². The largest absolute Gasteiger partial charge is 0.525 e. The van der Waals surface area contributed by atoms with Crippen molar-refractivity contribution in [1.82, 2.24) is 5.06 Å². The summed E-state index contributed by atoms with van der Waals surface area (Å²) < 4.78 is 10.6. The van der Waals surface area contributed by atoms with Crippen LogP contribution in [0.1, 0.15) is 17.9 Å². The fourth-order valence-corrected chi connectivity index (χ4v) is 2.63. The fraction of sp³-hybridized carbons (Fsp3) is 0.462. The summed E-state index contributed by atoms with van der Waals surface area (Å²) in [6.07, 6.45) is -1.45. The van der Waals surface area contributed by atoms with Crippen LogP contribution < -0.4 is 9.47 Å². The number of aliphatic hydroxyl groups is 1. The lowest BCUT2D eigenvalue weighted by Gasteiger charge is -2.34. The summed E-state index contributed by atoms with van der Waals surface area (Å²) in [5.41, 5.74) is 0.955. The number of carboxylic acid groups (broad SMARTS) is 1. The predicted molar refractivity (Wildman–Crippen MR) is 66.6 cm³/mol. The zero-order chi connectivity index (χ0) is 14.1. The highest BCUT2D eigenvalue weighted by Gasteiger charge is 2.31. The number of piperidine rings is 1. The Labute approximate surface area is 115 Å². The second kappa shape index (κ2) is 5.18. The summed E-state index contributed by atoms with van der Waals surface area (Å²) in [6, 6.07) is 5.59. The van der Waals surface area contributed by atoms with Crippen molar-refractivity contribution in [3.8, 4) is 11.5 Å². The van der Waals surface area contributed by atoms with Crippen molar-refractivity contribution in [3.63, 3.8) is 0 Å². The minimum atomic E-state index is -1.36. The Kier molecular flexibility index (Phi) is 3.37. The van der Waals surface area contributed by atoms with Gasteiger partial charge in [-0.15, -0.1) is 5.06 Å². The number of hydrogen-bond acceptors (Lipinski definition) is 6. The Bertz CT molecular complexity index is 520. The highest BCUT2D eigenvalue weighted by atomic mass is 16.8. The van der Waals surface area contributed by atoms with Gasteiger partial charge in [-0.1, -0.05) is 6.07 Å². The van der Waals surface area contributed by atoms with E-state index >= 15 is 0 Å². The molecule has 3 rings (SSSR count). The van der Waals surface area contributed by atoms with Gasteiger partial charge in [0.15, 0.2) is 11.5 Å². The molecule has 0 spiro atoms. The highest BCUT2D eigenvalue weighted by Crippen LogP contribution is 2.37. The third-order valence-electron chi connectivity index (χ3n) is 3.58. The van der Waals surface area contributed by atoms with Gasteiger partial charge in [-0.2, -0.15) is 0 Å². The van der Waals surface area contributed by atoms with Gasteiger partial charge in [0.1, 0.15) is 0 Å². The van der Waals surface area contributed by atoms with Crippen LogP contribution in [-0.4, -0.2) is 47.4 Å². The Balaban J connectivity index is 1.71. The maximum absolute atomic E-state index is 10.5. The molecule has 1 aromatic carbocycles. The number of ether oxygens (including phenoxy) is 2. The van der Waals surface area contributed by atoms with E-state index in [1.165, 1.54) is 5.06 Å². The van der Waals surface area contributed by atoms with Crippen LogP contribution in [0.25, 0.3) is 0 Å². The molecule has 2 N–H and O–H groups in total. The van der Waals surface area contributed by atoms with E-state index in [1.54, 1.807) is 0 Å². The van der Waals surface area contributed by atoms with E-state index in [0.29, 0.717) is 24.5 Å². The molecule has 2 atom stereocenters. The predicted octanol–water partition coefficient (Wildman–Crippen LogP) is 1.18. The molecule has 1 fully saturated rings. The molecule has 108 valence electrons. The standard InChI is InChI=1S/C13H15NO6/c15-10-6-14(20-13(16)17)4-3-9(10)8-1-2-11-12(5-8)19-7-18-11/h1-2,5,9-10,15H,3-4,6-7H2,(H,16,17). The summed E-state index contributed by atoms with van der Waals surface area (Å²) in [7, 11) is 0. The molecule has 1 aromatic rings. The first kappa shape index (κ1) is 13.0. The second-order valence-corrected chi connectivity index (χ2v) is 4.82. The van der Waals surface area contributed by atoms with Crippen LogP contribution in [-0.2, 0) is 4.84 Å². The molecule has 0 saturated carbocycles. The Morgan fingerprint density at radius 2 is 2.15 bits per heavy atom. The number of β-amino-alcohol motifs (C(OH)–C–C–N with tert-alkyl or cyclic N) is 1. The highest BCUT2D eigenvalue weighted by molar-refractivity contribution is 5.56. The molecule has 2 heterocycles. The lowest BCUT2D eigenvalue weighted by atomic mass is 9.87. The van der Waals surface area contributed by atoms with E-state index in [-0.39, 0.29) is 19.3 Å². The average Bonchev–Trinajstić information content (AvgIpc) is 2.85. The topological polar surface area (TPSA) is 88.5 Å². The van der Waals surface area contributed by atoms with Crippen LogP contribution in [0.5, 0.6) is 11.5 Å². The van der Waals surface area contributed by atoms with Crippen molar-refractivity contribution < 1.29 is 29.3 Å². The molecule has 20 heavy (non-hydrogen) atoms. The van der Waals surface area contributed by atoms with Crippen LogP contribution in [0.15, 0.2) is 18.2 Å². The summed E-state index contributed by atoms with van der Waals surface area (Å²) in [5, 5.41) is 20.0. The summed E-state index contributed by atoms with van der Waals surface area (Å²) in [6.45, 7) is 0.820. The molecule has 2 aliphatic heterocycles. The molecule has 0 bridgehead atoms. The molecule has 2 aliphatic rings. The number of fused-ring (bicyclic) bond motifs is 1. The van der Waals surface area contributed by atoms with Crippen molar-refractivity contribution >= 4 is 6.16 Å². The monoisotopic (exact) mass is 281 g/mol. The fourth-order valence-electron chi connectivity index (χ4n) is 2.63. The second-order valence-electron chi connectivity index (χ2n) is 4.82. The van der Waals surface area contributed by atoms with Gasteiger partial charge in [-0.3, -0.25) is 0 Å². The molecule has 7 nitrogen and oxygen atoms in total. The molecule has 0 aromatic heterocycles. The maximum atomic E-state index is 10.5. The Morgan fingerprint density at radius 1 is 1.35 bits per heavy atom. The molecule has 7 heteroatoms. The SMILES string of the molecule is O=C(O)ON1CCC(c2ccc3c(c2)OCO3)C(O)C1. The van der Waals surface area contributed by atoms with Crippen LogP contribution in [0.2, 0.25) is 0 Å². The smallest absolute Gasteiger partial charge is 0.454 e. The molecule has 0 aliphatic carbocycles. The Hall–Kier alpha value is -1.99. The van der Waals surface area contributed by atoms with Gasteiger partial charge in [-0.05, 0) is 24.1 Å². The number of aliphatic hydroxyl groups excluding tert-OH is 1. The lowest BCUT2D eigenvalue weighted by Crippen LogP contribution is -2.43. The number of carbonyl (C=O) groups is 1. The molecule has 0 amide bonds. The van der Waals surface area contributed by atoms with Crippen LogP contribution in [0.3, 0.4) is 0 Å². The minimum Gasteiger partial charge on any atom is -0.454 e. The van der Waals surface area contributed by atoms with Crippen molar-refractivity contribution in [3.05, 3.63) is 23.8 Å². The number of hydroxylamine groups is 2. The lowest BCUT2D eigenvalue weighted by molar-refractivity contribution is -0.154. The first-order valence-corrected chi connectivity index (χ1v) is 6.37. The summed E-state index contributed by atoms with van der Waals surface area (Å²) >= 11 is 0. The van der Waals surface area contributed by atoms with E-state index < -0.39 is 12.3 Å². The van der Waals surface area contributed by atoms with Crippen LogP contribution >= 0.6 is 0 Å². The normalized spacial score (nSPS) is 25.4. The summed E-state index contributed by atoms with van der Waals surface area (Å²) in [5.74, 6) is 1.31. The van der Waals surface area contributed by atoms with E-state index in [0.717, 1.165) is 5.56 Å². The molecule has 1 saturated heterocycles. The number of benzene rings is 1. The first-order chi connectivity index (χ1) is 9.63. The van der Waals surface area contributed by atoms with Crippen LogP contribution in [0, 0.1) is 0 Å². The molecular formula is C13H15NO6. The van der Waals surface area contributed by atoms with Gasteiger partial charge < -0.3 is 24.5 Å². The van der Waals surface area contributed by atoms with E-state index in [2.05, 4.69) is 4.84 Å². The zero-order valence-corrected chi connectivity index (χ0v) is 10.7. The third-order valence-corrected chi connectivity index (χ3v) is 3.58. The quantitative estimate of drug-likeness (QED) is 0.841. The minimum absolute atomic E-state index is 0.0712. The van der Waals surface area contributed by atoms with Gasteiger partial charge in [-0.25, -0.2) is 4.79 Å². The van der Waals surface area contributed by atoms with Crippen molar-refractivity contribution in [1.29, 1.82) is 0 Å². The molecule has 0 radical (unpaired) electrons. The van der Waals surface area contributed by atoms with Gasteiger partial charge in [0.05, 0.1) is 12.6 Å². The van der Waals surface area contributed by atoms with Gasteiger partial charge in [0.25, 0.3) is 0 Å². The van der Waals surface area contributed by atoms with Crippen molar-refractivity contribution in [2.45, 2.75) is 18.4 Å². The van der Waals surface area contributed by atoms with Gasteiger partial charge >= 0.3 is 6.16 Å². The number of nitrogens with zero attached hydrogens (tertiary/aromatic N) is 1. The number of hydrogen-bond donors (Lipinski definition) is 2. The van der Waals surface area contributed by atoms with Gasteiger partial charge in [0, 0.05) is 12.5 Å². The average molecular weight is 281 g/mol. The first-order valence-electron chi connectivity index (χ1n) is 6.37. The van der Waals surface area contributed by atoms with Crippen molar-refractivity contribution in [2.75, 3.05) is 19.9 Å². The van der Waals surface area contributed by atoms with E-state index in [1.807, 2.05) is 18.2 Å². The maximum Gasteiger partial charge on any atom is 0.525 e. The van der Waals surface area contributed by atoms with E-state index in [9.17, 15) is 9.90 Å². The zero-order valence-electron chi connectivity index (χ0n) is 10.7. The van der Waals surface area contributed by atoms with Crippen LogP contribution in [0.4, 0.5) is 4.79 Å².